The molecule has 1 unspecified atom stereocenters. The van der Waals surface area contributed by atoms with E-state index in [0.29, 0.717) is 5.95 Å². The lowest BCUT2D eigenvalue weighted by atomic mass is 9.95. The molecule has 6 heteroatoms. The zero-order chi connectivity index (χ0) is 14.8. The van der Waals surface area contributed by atoms with E-state index in [1.165, 1.54) is 29.5 Å². The van der Waals surface area contributed by atoms with Crippen LogP contribution in [0.15, 0.2) is 6.07 Å². The van der Waals surface area contributed by atoms with E-state index in [9.17, 15) is 0 Å². The molecule has 1 aliphatic heterocycles. The molecule has 21 heavy (non-hydrogen) atoms. The molecule has 3 N–H and O–H groups in total. The van der Waals surface area contributed by atoms with Crippen molar-refractivity contribution in [1.29, 1.82) is 0 Å². The lowest BCUT2D eigenvalue weighted by Crippen LogP contribution is -2.36. The summed E-state index contributed by atoms with van der Waals surface area (Å²) in [7, 11) is 0. The number of piperidine rings is 1. The van der Waals surface area contributed by atoms with Gasteiger partial charge in [-0.3, -0.25) is 5.43 Å². The highest BCUT2D eigenvalue weighted by molar-refractivity contribution is 7.18. The van der Waals surface area contributed by atoms with Crippen LogP contribution in [0.3, 0.4) is 0 Å². The highest BCUT2D eigenvalue weighted by Crippen LogP contribution is 2.34. The second-order valence-electron chi connectivity index (χ2n) is 5.66. The minimum atomic E-state index is 0.514. The summed E-state index contributed by atoms with van der Waals surface area (Å²) in [5.41, 5.74) is 2.61. The quantitative estimate of drug-likeness (QED) is 0.671. The number of hydrogen-bond acceptors (Lipinski definition) is 6. The smallest absolute Gasteiger partial charge is 0.240 e. The summed E-state index contributed by atoms with van der Waals surface area (Å²) >= 11 is 1.74. The van der Waals surface area contributed by atoms with E-state index in [0.717, 1.165) is 36.1 Å². The Labute approximate surface area is 129 Å². The fourth-order valence-corrected chi connectivity index (χ4v) is 3.99. The third-order valence-electron chi connectivity index (χ3n) is 4.30. The van der Waals surface area contributed by atoms with Gasteiger partial charge >= 0.3 is 0 Å². The number of fused-ring (bicyclic) bond motifs is 1. The number of nitrogens with two attached hydrogens (primary N) is 1. The van der Waals surface area contributed by atoms with Crippen LogP contribution in [0.4, 0.5) is 11.8 Å². The minimum Gasteiger partial charge on any atom is -0.356 e. The number of rotatable bonds is 4. The highest BCUT2D eigenvalue weighted by atomic mass is 32.1. The molecule has 0 radical (unpaired) electrons. The molecule has 1 atom stereocenters. The summed E-state index contributed by atoms with van der Waals surface area (Å²) in [6.45, 7) is 6.61. The number of nitrogens with zero attached hydrogens (tertiary/aromatic N) is 3. The third-order valence-corrected chi connectivity index (χ3v) is 5.47. The topological polar surface area (TPSA) is 67.1 Å². The highest BCUT2D eigenvalue weighted by Gasteiger charge is 2.23. The molecule has 0 amide bonds. The van der Waals surface area contributed by atoms with Crippen LogP contribution in [0.1, 0.15) is 38.0 Å². The summed E-state index contributed by atoms with van der Waals surface area (Å²) < 4.78 is 0. The summed E-state index contributed by atoms with van der Waals surface area (Å²) in [6, 6.07) is 2.24. The van der Waals surface area contributed by atoms with Gasteiger partial charge in [-0.25, -0.2) is 10.8 Å². The van der Waals surface area contributed by atoms with Gasteiger partial charge in [0.2, 0.25) is 5.95 Å². The van der Waals surface area contributed by atoms with E-state index in [4.69, 9.17) is 5.84 Å². The Morgan fingerprint density at radius 2 is 2.29 bits per heavy atom. The number of hydrogen-bond donors (Lipinski definition) is 2. The van der Waals surface area contributed by atoms with Crippen LogP contribution in [0, 0.1) is 5.92 Å². The fraction of sp³-hybridized carbons (Fsp3) is 0.600. The molecule has 1 saturated heterocycles. The molecule has 2 aromatic heterocycles. The van der Waals surface area contributed by atoms with Crippen molar-refractivity contribution in [3.63, 3.8) is 0 Å². The van der Waals surface area contributed by atoms with E-state index in [2.05, 4.69) is 40.2 Å². The molecule has 0 saturated carbocycles. The van der Waals surface area contributed by atoms with Gasteiger partial charge in [0.15, 0.2) is 0 Å². The monoisotopic (exact) mass is 305 g/mol. The van der Waals surface area contributed by atoms with Gasteiger partial charge in [0, 0.05) is 18.0 Å². The number of anilines is 2. The first kappa shape index (κ1) is 14.5. The standard InChI is InChI=1S/C15H23N5S/c1-3-10-6-5-7-20(9-10)13-12-8-11(4-2)21-14(12)18-15(17-13)19-16/h8,10H,3-7,9,16H2,1-2H3,(H,17,18,19). The summed E-state index contributed by atoms with van der Waals surface area (Å²) in [5, 5.41) is 1.17. The molecule has 0 aliphatic carbocycles. The van der Waals surface area contributed by atoms with Crippen LogP contribution in [0.25, 0.3) is 10.2 Å². The van der Waals surface area contributed by atoms with E-state index < -0.39 is 0 Å². The number of thiophene rings is 1. The van der Waals surface area contributed by atoms with Gasteiger partial charge < -0.3 is 4.90 Å². The number of nitrogens with one attached hydrogen (secondary N) is 1. The first-order chi connectivity index (χ1) is 10.2. The molecule has 0 spiro atoms. The number of aryl methyl sites for hydroxylation is 1. The Hall–Kier alpha value is -1.40. The van der Waals surface area contributed by atoms with Crippen LogP contribution < -0.4 is 16.2 Å². The van der Waals surface area contributed by atoms with Gasteiger partial charge in [0.05, 0.1) is 5.39 Å². The van der Waals surface area contributed by atoms with Gasteiger partial charge in [0.25, 0.3) is 0 Å². The maximum atomic E-state index is 5.54. The van der Waals surface area contributed by atoms with Crippen molar-refractivity contribution in [2.75, 3.05) is 23.4 Å². The second-order valence-corrected chi connectivity index (χ2v) is 6.78. The molecule has 5 nitrogen and oxygen atoms in total. The molecule has 1 aliphatic rings. The molecule has 3 rings (SSSR count). The molecule has 3 heterocycles. The van der Waals surface area contributed by atoms with Crippen molar-refractivity contribution in [3.05, 3.63) is 10.9 Å². The SMILES string of the molecule is CCc1cc2c(N3CCCC(CC)C3)nc(NN)nc2s1. The van der Waals surface area contributed by atoms with Gasteiger partial charge in [0.1, 0.15) is 10.6 Å². The maximum absolute atomic E-state index is 5.54. The summed E-state index contributed by atoms with van der Waals surface area (Å²) in [6.07, 6.45) is 4.83. The number of hydrazine groups is 1. The second kappa shape index (κ2) is 6.15. The number of aromatic nitrogens is 2. The minimum absolute atomic E-state index is 0.514. The van der Waals surface area contributed by atoms with Crippen LogP contribution in [-0.4, -0.2) is 23.1 Å². The van der Waals surface area contributed by atoms with Gasteiger partial charge in [-0.15, -0.1) is 11.3 Å². The van der Waals surface area contributed by atoms with Crippen molar-refractivity contribution in [3.8, 4) is 0 Å². The van der Waals surface area contributed by atoms with Crippen molar-refractivity contribution in [2.24, 2.45) is 11.8 Å². The molecule has 2 aromatic rings. The lowest BCUT2D eigenvalue weighted by molar-refractivity contribution is 0.403. The van der Waals surface area contributed by atoms with Crippen molar-refractivity contribution in [1.82, 2.24) is 9.97 Å². The largest absolute Gasteiger partial charge is 0.356 e. The van der Waals surface area contributed by atoms with Crippen molar-refractivity contribution < 1.29 is 0 Å². The summed E-state index contributed by atoms with van der Waals surface area (Å²) in [4.78, 5) is 13.9. The van der Waals surface area contributed by atoms with E-state index in [-0.39, 0.29) is 0 Å². The molecule has 0 aromatic carbocycles. The zero-order valence-electron chi connectivity index (χ0n) is 12.7. The van der Waals surface area contributed by atoms with Crippen molar-refractivity contribution >= 4 is 33.3 Å². The van der Waals surface area contributed by atoms with E-state index >= 15 is 0 Å². The number of nitrogen functional groups attached to an aromatic ring is 1. The van der Waals surface area contributed by atoms with Crippen LogP contribution in [0.5, 0.6) is 0 Å². The van der Waals surface area contributed by atoms with Crippen LogP contribution in [-0.2, 0) is 6.42 Å². The van der Waals surface area contributed by atoms with Gasteiger partial charge in [-0.05, 0) is 31.2 Å². The predicted molar refractivity (Wildman–Crippen MR) is 89.8 cm³/mol. The molecular weight excluding hydrogens is 282 g/mol. The zero-order valence-corrected chi connectivity index (χ0v) is 13.5. The Bertz CT molecular complexity index is 624. The first-order valence-electron chi connectivity index (χ1n) is 7.77. The average molecular weight is 305 g/mol. The average Bonchev–Trinajstić information content (AvgIpc) is 2.96. The normalized spacial score (nSPS) is 19.2. The van der Waals surface area contributed by atoms with Crippen molar-refractivity contribution in [2.45, 2.75) is 39.5 Å². The Morgan fingerprint density at radius 3 is 3.00 bits per heavy atom. The predicted octanol–water partition coefficient (Wildman–Crippen LogP) is 3.17. The molecular formula is C15H23N5S. The molecule has 114 valence electrons. The van der Waals surface area contributed by atoms with Crippen LogP contribution >= 0.6 is 11.3 Å². The van der Waals surface area contributed by atoms with Gasteiger partial charge in [-0.1, -0.05) is 20.3 Å². The Kier molecular flexibility index (Phi) is 4.26. The van der Waals surface area contributed by atoms with E-state index in [1.54, 1.807) is 11.3 Å². The first-order valence-corrected chi connectivity index (χ1v) is 8.58. The Morgan fingerprint density at radius 1 is 1.43 bits per heavy atom. The van der Waals surface area contributed by atoms with Crippen LogP contribution in [0.2, 0.25) is 0 Å². The van der Waals surface area contributed by atoms with Gasteiger partial charge in [-0.2, -0.15) is 4.98 Å². The fourth-order valence-electron chi connectivity index (χ4n) is 3.03. The molecule has 0 bridgehead atoms. The maximum Gasteiger partial charge on any atom is 0.240 e. The molecule has 1 fully saturated rings. The summed E-state index contributed by atoms with van der Waals surface area (Å²) in [5.74, 6) is 7.87. The Balaban J connectivity index is 2.04. The van der Waals surface area contributed by atoms with E-state index in [1.807, 2.05) is 0 Å². The third kappa shape index (κ3) is 2.82. The lowest BCUT2D eigenvalue weighted by Gasteiger charge is -2.33.